The molecule has 1 heterocycles. The van der Waals surface area contributed by atoms with Gasteiger partial charge in [-0.3, -0.25) is 4.90 Å². The van der Waals surface area contributed by atoms with Crippen molar-refractivity contribution in [1.82, 2.24) is 4.90 Å². The van der Waals surface area contributed by atoms with Crippen LogP contribution in [0.2, 0.25) is 5.02 Å². The van der Waals surface area contributed by atoms with Crippen molar-refractivity contribution in [2.75, 3.05) is 6.54 Å². The molecule has 2 N–H and O–H groups in total. The topological polar surface area (TPSA) is 29.3 Å². The van der Waals surface area contributed by atoms with Crippen molar-refractivity contribution in [2.45, 2.75) is 31.5 Å². The van der Waals surface area contributed by atoms with Gasteiger partial charge in [0.15, 0.2) is 0 Å². The molecule has 0 saturated heterocycles. The average molecular weight is 325 g/mol. The van der Waals surface area contributed by atoms with E-state index in [1.165, 1.54) is 23.8 Å². The van der Waals surface area contributed by atoms with Crippen molar-refractivity contribution in [2.24, 2.45) is 5.73 Å². The van der Waals surface area contributed by atoms with Crippen molar-refractivity contribution < 1.29 is 4.39 Å². The Bertz CT molecular complexity index is 598. The van der Waals surface area contributed by atoms with Gasteiger partial charge in [-0.05, 0) is 42.0 Å². The van der Waals surface area contributed by atoms with Gasteiger partial charge in [-0.1, -0.05) is 23.7 Å². The van der Waals surface area contributed by atoms with Crippen LogP contribution in [0.15, 0.2) is 35.7 Å². The van der Waals surface area contributed by atoms with E-state index in [0.29, 0.717) is 12.6 Å². The van der Waals surface area contributed by atoms with Crippen LogP contribution in [0.4, 0.5) is 4.39 Å². The Labute approximate surface area is 133 Å². The van der Waals surface area contributed by atoms with Crippen molar-refractivity contribution in [3.8, 4) is 0 Å². The Kier molecular flexibility index (Phi) is 4.60. The molecule has 21 heavy (non-hydrogen) atoms. The monoisotopic (exact) mass is 324 g/mol. The zero-order chi connectivity index (χ0) is 14.8. The first-order valence-electron chi connectivity index (χ1n) is 7.12. The highest BCUT2D eigenvalue weighted by atomic mass is 35.5. The molecular formula is C16H18ClFN2S. The summed E-state index contributed by atoms with van der Waals surface area (Å²) in [4.78, 5) is 3.71. The predicted octanol–water partition coefficient (Wildman–Crippen LogP) is 4.21. The Morgan fingerprint density at radius 1 is 1.38 bits per heavy atom. The first-order chi connectivity index (χ1) is 10.2. The van der Waals surface area contributed by atoms with Gasteiger partial charge in [0, 0.05) is 30.1 Å². The summed E-state index contributed by atoms with van der Waals surface area (Å²) in [5.74, 6) is -0.375. The molecule has 0 amide bonds. The van der Waals surface area contributed by atoms with Crippen LogP contribution in [0.25, 0.3) is 0 Å². The number of nitrogens with zero attached hydrogens (tertiary/aromatic N) is 1. The number of hydrogen-bond acceptors (Lipinski definition) is 3. The lowest BCUT2D eigenvalue weighted by Gasteiger charge is -2.31. The summed E-state index contributed by atoms with van der Waals surface area (Å²) >= 11 is 7.53. The Hall–Kier alpha value is -0.940. The van der Waals surface area contributed by atoms with Crippen LogP contribution in [0, 0.1) is 5.82 Å². The minimum atomic E-state index is -0.375. The molecule has 2 nitrogen and oxygen atoms in total. The van der Waals surface area contributed by atoms with Gasteiger partial charge in [-0.25, -0.2) is 4.39 Å². The van der Waals surface area contributed by atoms with E-state index < -0.39 is 0 Å². The Morgan fingerprint density at radius 3 is 2.76 bits per heavy atom. The van der Waals surface area contributed by atoms with Gasteiger partial charge >= 0.3 is 0 Å². The van der Waals surface area contributed by atoms with Crippen LogP contribution in [-0.2, 0) is 6.54 Å². The van der Waals surface area contributed by atoms with Crippen molar-refractivity contribution in [3.63, 3.8) is 0 Å². The maximum absolute atomic E-state index is 13.7. The summed E-state index contributed by atoms with van der Waals surface area (Å²) in [6.45, 7) is 1.34. The van der Waals surface area contributed by atoms with Crippen molar-refractivity contribution in [1.29, 1.82) is 0 Å². The molecule has 2 aromatic rings. The van der Waals surface area contributed by atoms with E-state index in [9.17, 15) is 4.39 Å². The van der Waals surface area contributed by atoms with Gasteiger partial charge in [-0.15, -0.1) is 11.3 Å². The van der Waals surface area contributed by atoms with Gasteiger partial charge in [0.2, 0.25) is 0 Å². The highest BCUT2D eigenvalue weighted by Crippen LogP contribution is 2.36. The lowest BCUT2D eigenvalue weighted by molar-refractivity contribution is 0.183. The molecule has 1 aromatic heterocycles. The van der Waals surface area contributed by atoms with Crippen LogP contribution >= 0.6 is 22.9 Å². The van der Waals surface area contributed by atoms with E-state index in [1.807, 2.05) is 6.07 Å². The third kappa shape index (κ3) is 3.46. The van der Waals surface area contributed by atoms with Crippen LogP contribution in [0.1, 0.15) is 29.3 Å². The Balaban J connectivity index is 1.86. The lowest BCUT2D eigenvalue weighted by atomic mass is 10.0. The summed E-state index contributed by atoms with van der Waals surface area (Å²) in [6.07, 6.45) is 2.38. The smallest absolute Gasteiger partial charge is 0.142 e. The zero-order valence-electron chi connectivity index (χ0n) is 11.6. The summed E-state index contributed by atoms with van der Waals surface area (Å²) < 4.78 is 13.7. The molecule has 112 valence electrons. The molecule has 0 aliphatic heterocycles. The van der Waals surface area contributed by atoms with Gasteiger partial charge in [-0.2, -0.15) is 0 Å². The first-order valence-corrected chi connectivity index (χ1v) is 8.38. The molecule has 0 bridgehead atoms. The minimum absolute atomic E-state index is 0.0337. The molecule has 1 saturated carbocycles. The quantitative estimate of drug-likeness (QED) is 0.862. The first kappa shape index (κ1) is 15.0. The molecule has 3 rings (SSSR count). The van der Waals surface area contributed by atoms with Crippen LogP contribution in [0.3, 0.4) is 0 Å². The van der Waals surface area contributed by atoms with E-state index in [4.69, 9.17) is 17.3 Å². The van der Waals surface area contributed by atoms with Crippen LogP contribution in [-0.4, -0.2) is 17.5 Å². The maximum atomic E-state index is 13.7. The number of nitrogens with two attached hydrogens (primary N) is 1. The summed E-state index contributed by atoms with van der Waals surface area (Å²) in [6, 6.07) is 9.80. The predicted molar refractivity (Wildman–Crippen MR) is 86.1 cm³/mol. The zero-order valence-corrected chi connectivity index (χ0v) is 13.2. The molecule has 1 aliphatic carbocycles. The highest BCUT2D eigenvalue weighted by molar-refractivity contribution is 7.09. The van der Waals surface area contributed by atoms with Gasteiger partial charge in [0.25, 0.3) is 0 Å². The summed E-state index contributed by atoms with van der Waals surface area (Å²) in [7, 11) is 0. The van der Waals surface area contributed by atoms with Gasteiger partial charge < -0.3 is 5.73 Å². The largest absolute Gasteiger partial charge is 0.329 e. The van der Waals surface area contributed by atoms with Crippen molar-refractivity contribution >= 4 is 22.9 Å². The second-order valence-corrected chi connectivity index (χ2v) is 6.85. The summed E-state index contributed by atoms with van der Waals surface area (Å²) in [5.41, 5.74) is 6.90. The molecule has 0 radical (unpaired) electrons. The van der Waals surface area contributed by atoms with Gasteiger partial charge in [0.1, 0.15) is 5.82 Å². The maximum Gasteiger partial charge on any atom is 0.142 e. The molecule has 1 unspecified atom stereocenters. The van der Waals surface area contributed by atoms with E-state index in [0.717, 1.165) is 12.1 Å². The molecule has 5 heteroatoms. The van der Waals surface area contributed by atoms with Gasteiger partial charge in [0.05, 0.1) is 5.02 Å². The van der Waals surface area contributed by atoms with E-state index in [1.54, 1.807) is 17.4 Å². The third-order valence-corrected chi connectivity index (χ3v) is 5.05. The fourth-order valence-electron chi connectivity index (χ4n) is 2.67. The molecular weight excluding hydrogens is 307 g/mol. The fourth-order valence-corrected chi connectivity index (χ4v) is 3.50. The third-order valence-electron chi connectivity index (χ3n) is 3.89. The molecule has 1 atom stereocenters. The highest BCUT2D eigenvalue weighted by Gasteiger charge is 2.34. The van der Waals surface area contributed by atoms with E-state index in [2.05, 4.69) is 22.4 Å². The van der Waals surface area contributed by atoms with Crippen LogP contribution in [0.5, 0.6) is 0 Å². The number of benzene rings is 1. The standard InChI is InChI=1S/C16H18ClFN2S/c17-14-6-3-11(8-15(14)18)16(9-19)20(12-4-5-12)10-13-2-1-7-21-13/h1-3,6-8,12,16H,4-5,9-10,19H2. The van der Waals surface area contributed by atoms with Crippen molar-refractivity contribution in [3.05, 3.63) is 57.0 Å². The Morgan fingerprint density at radius 2 is 2.19 bits per heavy atom. The molecule has 1 aromatic carbocycles. The summed E-state index contributed by atoms with van der Waals surface area (Å²) in [5, 5.41) is 2.24. The molecule has 1 aliphatic rings. The van der Waals surface area contributed by atoms with E-state index >= 15 is 0 Å². The fraction of sp³-hybridized carbons (Fsp3) is 0.375. The van der Waals surface area contributed by atoms with Crippen LogP contribution < -0.4 is 5.73 Å². The number of halogens is 2. The average Bonchev–Trinajstić information content (AvgIpc) is 3.20. The number of hydrogen-bond donors (Lipinski definition) is 1. The molecule has 1 fully saturated rings. The normalized spacial score (nSPS) is 16.4. The minimum Gasteiger partial charge on any atom is -0.329 e. The molecule has 0 spiro atoms. The second-order valence-electron chi connectivity index (χ2n) is 5.41. The van der Waals surface area contributed by atoms with E-state index in [-0.39, 0.29) is 16.9 Å². The number of rotatable bonds is 6. The SMILES string of the molecule is NCC(c1ccc(Cl)c(F)c1)N(Cc1cccs1)C1CC1. The second kappa shape index (κ2) is 6.44. The number of thiophene rings is 1. The lowest BCUT2D eigenvalue weighted by Crippen LogP contribution is -2.35.